The van der Waals surface area contributed by atoms with Gasteiger partial charge in [0.25, 0.3) is 0 Å². The van der Waals surface area contributed by atoms with Crippen molar-refractivity contribution in [3.8, 4) is 0 Å². The van der Waals surface area contributed by atoms with Gasteiger partial charge in [0, 0.05) is 6.04 Å². The van der Waals surface area contributed by atoms with Crippen LogP contribution in [0.1, 0.15) is 39.0 Å². The fourth-order valence-electron chi connectivity index (χ4n) is 3.30. The molecule has 0 N–H and O–H groups in total. The molecule has 0 bridgehead atoms. The smallest absolute Gasteiger partial charge is 0.410 e. The van der Waals surface area contributed by atoms with Gasteiger partial charge in [-0.3, -0.25) is 9.69 Å². The number of fused-ring (bicyclic) bond motifs is 1. The predicted molar refractivity (Wildman–Crippen MR) is 68.7 cm³/mol. The van der Waals surface area contributed by atoms with Crippen LogP contribution in [0.2, 0.25) is 0 Å². The van der Waals surface area contributed by atoms with Crippen molar-refractivity contribution >= 4 is 23.5 Å². The van der Waals surface area contributed by atoms with Gasteiger partial charge in [0.1, 0.15) is 0 Å². The van der Waals surface area contributed by atoms with E-state index in [0.29, 0.717) is 12.5 Å². The lowest BCUT2D eigenvalue weighted by Gasteiger charge is -2.32. The largest absolute Gasteiger partial charge is 0.450 e. The highest BCUT2D eigenvalue weighted by Gasteiger charge is 2.47. The Morgan fingerprint density at radius 3 is 2.72 bits per heavy atom. The number of alkyl halides is 1. The van der Waals surface area contributed by atoms with Crippen molar-refractivity contribution in [3.05, 3.63) is 0 Å². The molecule has 1 heterocycles. The Balaban J connectivity index is 2.17. The third-order valence-electron chi connectivity index (χ3n) is 4.07. The van der Waals surface area contributed by atoms with Crippen LogP contribution >= 0.6 is 11.6 Å². The van der Waals surface area contributed by atoms with Gasteiger partial charge in [-0.25, -0.2) is 4.79 Å². The second-order valence-electron chi connectivity index (χ2n) is 5.07. The minimum Gasteiger partial charge on any atom is -0.450 e. The summed E-state index contributed by atoms with van der Waals surface area (Å²) >= 11 is 5.65. The van der Waals surface area contributed by atoms with E-state index in [1.807, 2.05) is 0 Å². The van der Waals surface area contributed by atoms with Gasteiger partial charge >= 0.3 is 6.09 Å². The van der Waals surface area contributed by atoms with Crippen LogP contribution in [0.3, 0.4) is 0 Å². The van der Waals surface area contributed by atoms with Gasteiger partial charge in [-0.15, -0.1) is 11.6 Å². The lowest BCUT2D eigenvalue weighted by molar-refractivity contribution is -0.121. The molecule has 0 spiro atoms. The molecule has 0 radical (unpaired) electrons. The van der Waals surface area contributed by atoms with Gasteiger partial charge in [0.2, 0.25) is 0 Å². The Bertz CT molecular complexity index is 334. The zero-order valence-corrected chi connectivity index (χ0v) is 11.5. The van der Waals surface area contributed by atoms with Gasteiger partial charge < -0.3 is 4.74 Å². The van der Waals surface area contributed by atoms with Crippen LogP contribution in [-0.2, 0) is 9.53 Å². The SMILES string of the molecule is CCOC(=O)N1C(C(=O)CCl)CC2CCCCC21. The molecule has 1 saturated heterocycles. The zero-order valence-electron chi connectivity index (χ0n) is 10.7. The number of ketones is 1. The second-order valence-corrected chi connectivity index (χ2v) is 5.34. The van der Waals surface area contributed by atoms with Crippen LogP contribution in [0.5, 0.6) is 0 Å². The maximum atomic E-state index is 12.0. The average Bonchev–Trinajstić information content (AvgIpc) is 2.77. The van der Waals surface area contributed by atoms with Crippen molar-refractivity contribution in [2.45, 2.75) is 51.1 Å². The molecule has 4 nitrogen and oxygen atoms in total. The number of halogens is 1. The van der Waals surface area contributed by atoms with Crippen LogP contribution in [0.15, 0.2) is 0 Å². The normalized spacial score (nSPS) is 31.0. The van der Waals surface area contributed by atoms with E-state index in [1.54, 1.807) is 11.8 Å². The summed E-state index contributed by atoms with van der Waals surface area (Å²) in [5, 5.41) is 0. The van der Waals surface area contributed by atoms with Gasteiger partial charge in [-0.1, -0.05) is 12.8 Å². The first-order valence-corrected chi connectivity index (χ1v) is 7.26. The van der Waals surface area contributed by atoms with E-state index in [4.69, 9.17) is 16.3 Å². The highest BCUT2D eigenvalue weighted by molar-refractivity contribution is 6.28. The molecule has 3 atom stereocenters. The second kappa shape index (κ2) is 5.91. The van der Waals surface area contributed by atoms with Crippen LogP contribution in [0, 0.1) is 5.92 Å². The minimum atomic E-state index is -0.366. The minimum absolute atomic E-state index is 0.0278. The maximum Gasteiger partial charge on any atom is 0.410 e. The predicted octanol–water partition coefficient (Wildman–Crippen LogP) is 2.58. The maximum absolute atomic E-state index is 12.0. The highest BCUT2D eigenvalue weighted by Crippen LogP contribution is 2.40. The van der Waals surface area contributed by atoms with Crippen molar-refractivity contribution in [3.63, 3.8) is 0 Å². The number of carbonyl (C=O) groups is 2. The summed E-state index contributed by atoms with van der Waals surface area (Å²) in [6.07, 6.45) is 4.81. The molecule has 0 aromatic rings. The van der Waals surface area contributed by atoms with E-state index in [-0.39, 0.29) is 29.8 Å². The molecular weight excluding hydrogens is 254 g/mol. The summed E-state index contributed by atoms with van der Waals surface area (Å²) < 4.78 is 5.09. The Kier molecular flexibility index (Phi) is 4.49. The number of likely N-dealkylation sites (tertiary alicyclic amines) is 1. The molecule has 5 heteroatoms. The monoisotopic (exact) mass is 273 g/mol. The standard InChI is InChI=1S/C13H20ClNO3/c1-2-18-13(17)15-10-6-4-3-5-9(10)7-11(15)12(16)8-14/h9-11H,2-8H2,1H3. The lowest BCUT2D eigenvalue weighted by atomic mass is 9.84. The summed E-state index contributed by atoms with van der Waals surface area (Å²) in [6.45, 7) is 2.12. The van der Waals surface area contributed by atoms with Crippen LogP contribution in [0.4, 0.5) is 4.79 Å². The molecule has 2 aliphatic rings. The number of hydrogen-bond acceptors (Lipinski definition) is 3. The van der Waals surface area contributed by atoms with Crippen LogP contribution < -0.4 is 0 Å². The number of amides is 1. The topological polar surface area (TPSA) is 46.6 Å². The van der Waals surface area contributed by atoms with Crippen LogP contribution in [0.25, 0.3) is 0 Å². The summed E-state index contributed by atoms with van der Waals surface area (Å²) in [6, 6.07) is -0.190. The molecule has 1 aliphatic heterocycles. The van der Waals surface area contributed by atoms with Crippen molar-refractivity contribution in [1.29, 1.82) is 0 Å². The van der Waals surface area contributed by atoms with Crippen molar-refractivity contribution < 1.29 is 14.3 Å². The highest BCUT2D eigenvalue weighted by atomic mass is 35.5. The molecule has 3 unspecified atom stereocenters. The van der Waals surface area contributed by atoms with E-state index >= 15 is 0 Å². The van der Waals surface area contributed by atoms with E-state index in [1.165, 1.54) is 6.42 Å². The number of Topliss-reactive ketones (excluding diaryl/α,β-unsaturated/α-hetero) is 1. The van der Waals surface area contributed by atoms with Crippen molar-refractivity contribution in [2.75, 3.05) is 12.5 Å². The fraction of sp³-hybridized carbons (Fsp3) is 0.846. The number of carbonyl (C=O) groups excluding carboxylic acids is 2. The van der Waals surface area contributed by atoms with Crippen molar-refractivity contribution in [1.82, 2.24) is 4.90 Å². The first-order valence-electron chi connectivity index (χ1n) is 6.72. The molecule has 2 rings (SSSR count). The van der Waals surface area contributed by atoms with Crippen molar-refractivity contribution in [2.24, 2.45) is 5.92 Å². The molecule has 0 aromatic carbocycles. The summed E-state index contributed by atoms with van der Waals surface area (Å²) in [7, 11) is 0. The Morgan fingerprint density at radius 1 is 1.33 bits per heavy atom. The molecule has 1 saturated carbocycles. The number of nitrogens with zero attached hydrogens (tertiary/aromatic N) is 1. The summed E-state index contributed by atoms with van der Waals surface area (Å²) in [5.74, 6) is 0.361. The van der Waals surface area contributed by atoms with E-state index < -0.39 is 0 Å². The molecule has 2 fully saturated rings. The number of ether oxygens (including phenoxy) is 1. The third-order valence-corrected chi connectivity index (χ3v) is 4.33. The quantitative estimate of drug-likeness (QED) is 0.743. The molecular formula is C13H20ClNO3. The first kappa shape index (κ1) is 13.7. The fourth-order valence-corrected chi connectivity index (χ4v) is 3.48. The molecule has 18 heavy (non-hydrogen) atoms. The number of rotatable bonds is 3. The third kappa shape index (κ3) is 2.48. The summed E-state index contributed by atoms with van der Waals surface area (Å²) in [5.41, 5.74) is 0. The van der Waals surface area contributed by atoms with Gasteiger partial charge in [0.15, 0.2) is 5.78 Å². The average molecular weight is 274 g/mol. The first-order chi connectivity index (χ1) is 8.69. The zero-order chi connectivity index (χ0) is 13.1. The summed E-state index contributed by atoms with van der Waals surface area (Å²) in [4.78, 5) is 25.6. The molecule has 1 aliphatic carbocycles. The Morgan fingerprint density at radius 2 is 2.06 bits per heavy atom. The molecule has 102 valence electrons. The lowest BCUT2D eigenvalue weighted by Crippen LogP contribution is -2.46. The van der Waals surface area contributed by atoms with E-state index in [0.717, 1.165) is 25.7 Å². The Hall–Kier alpha value is -0.770. The van der Waals surface area contributed by atoms with Crippen LogP contribution in [-0.4, -0.2) is 41.3 Å². The van der Waals surface area contributed by atoms with Gasteiger partial charge in [-0.05, 0) is 32.1 Å². The van der Waals surface area contributed by atoms with Gasteiger partial charge in [0.05, 0.1) is 18.5 Å². The Labute approximate surface area is 113 Å². The molecule has 1 amide bonds. The number of hydrogen-bond donors (Lipinski definition) is 0. The van der Waals surface area contributed by atoms with E-state index in [9.17, 15) is 9.59 Å². The molecule has 0 aromatic heterocycles. The van der Waals surface area contributed by atoms with Gasteiger partial charge in [-0.2, -0.15) is 0 Å². The van der Waals surface area contributed by atoms with E-state index in [2.05, 4.69) is 0 Å².